The Kier molecular flexibility index (Phi) is 8.86. The topological polar surface area (TPSA) is 137 Å². The van der Waals surface area contributed by atoms with Crippen molar-refractivity contribution in [3.8, 4) is 5.75 Å². The zero-order valence-corrected chi connectivity index (χ0v) is 21.0. The molecule has 2 amide bonds. The molecule has 1 aliphatic carbocycles. The van der Waals surface area contributed by atoms with Crippen molar-refractivity contribution < 1.29 is 49.6 Å². The fourth-order valence-electron chi connectivity index (χ4n) is 3.61. The van der Waals surface area contributed by atoms with Gasteiger partial charge in [0.05, 0.1) is 7.11 Å². The van der Waals surface area contributed by atoms with Gasteiger partial charge in [0.2, 0.25) is 5.91 Å². The second kappa shape index (κ2) is 10.9. The molecular weight excluding hydrogens is 509 g/mol. The highest BCUT2D eigenvalue weighted by Crippen LogP contribution is 2.31. The third kappa shape index (κ3) is 7.73. The summed E-state index contributed by atoms with van der Waals surface area (Å²) >= 11 is 0. The Labute approximate surface area is 207 Å². The molecule has 2 N–H and O–H groups in total. The first-order valence-electron chi connectivity index (χ1n) is 11.0. The van der Waals surface area contributed by atoms with Crippen molar-refractivity contribution >= 4 is 28.1 Å². The number of alkyl halides is 3. The molecule has 202 valence electrons. The van der Waals surface area contributed by atoms with Gasteiger partial charge in [-0.2, -0.15) is 21.6 Å². The summed E-state index contributed by atoms with van der Waals surface area (Å²) in [6.07, 6.45) is 1.06. The van der Waals surface area contributed by atoms with Crippen LogP contribution in [0.3, 0.4) is 0 Å². The number of carbonyl (C=O) groups excluding carboxylic acids is 3. The highest BCUT2D eigenvalue weighted by Gasteiger charge is 2.48. The summed E-state index contributed by atoms with van der Waals surface area (Å²) in [5, 5.41) is 5.21. The van der Waals surface area contributed by atoms with Gasteiger partial charge in [-0.05, 0) is 51.3 Å². The number of alkyl carbamates (subject to hydrolysis) is 1. The lowest BCUT2D eigenvalue weighted by molar-refractivity contribution is -0.145. The molecule has 0 bridgehead atoms. The lowest BCUT2D eigenvalue weighted by Crippen LogP contribution is -2.60. The van der Waals surface area contributed by atoms with Crippen molar-refractivity contribution in [1.82, 2.24) is 10.6 Å². The summed E-state index contributed by atoms with van der Waals surface area (Å²) in [4.78, 5) is 37.9. The van der Waals surface area contributed by atoms with Crippen LogP contribution in [0.2, 0.25) is 0 Å². The molecule has 1 atom stereocenters. The zero-order chi connectivity index (χ0) is 27.4. The second-order valence-electron chi connectivity index (χ2n) is 9.30. The predicted octanol–water partition coefficient (Wildman–Crippen LogP) is 2.95. The second-order valence-corrected chi connectivity index (χ2v) is 10.8. The number of hydrogen-bond donors (Lipinski definition) is 2. The first-order chi connectivity index (χ1) is 16.5. The van der Waals surface area contributed by atoms with E-state index in [9.17, 15) is 36.0 Å². The third-order valence-corrected chi connectivity index (χ3v) is 6.25. The number of nitrogens with one attached hydrogen (secondary N) is 2. The highest BCUT2D eigenvalue weighted by atomic mass is 32.2. The number of hydrogen-bond acceptors (Lipinski definition) is 8. The fraction of sp³-hybridized carbons (Fsp3) is 0.591. The number of carbonyl (C=O) groups is 3. The molecule has 1 aromatic rings. The minimum atomic E-state index is -5.83. The average Bonchev–Trinajstić information content (AvgIpc) is 3.21. The number of halogens is 3. The van der Waals surface area contributed by atoms with Crippen LogP contribution in [0, 0.1) is 0 Å². The van der Waals surface area contributed by atoms with Gasteiger partial charge in [-0.3, -0.25) is 4.79 Å². The molecule has 0 aromatic heterocycles. The van der Waals surface area contributed by atoms with Crippen LogP contribution in [0.5, 0.6) is 5.75 Å². The highest BCUT2D eigenvalue weighted by molar-refractivity contribution is 7.88. The van der Waals surface area contributed by atoms with Gasteiger partial charge in [0, 0.05) is 6.42 Å². The van der Waals surface area contributed by atoms with E-state index < -0.39 is 56.5 Å². The minimum absolute atomic E-state index is 0.132. The molecule has 1 fully saturated rings. The monoisotopic (exact) mass is 538 g/mol. The van der Waals surface area contributed by atoms with Gasteiger partial charge in [-0.15, -0.1) is 0 Å². The number of esters is 1. The molecule has 0 saturated heterocycles. The summed E-state index contributed by atoms with van der Waals surface area (Å²) < 4.78 is 73.9. The van der Waals surface area contributed by atoms with Crippen molar-refractivity contribution in [3.63, 3.8) is 0 Å². The molecule has 0 radical (unpaired) electrons. The molecule has 0 aliphatic heterocycles. The number of benzene rings is 1. The molecule has 0 unspecified atom stereocenters. The minimum Gasteiger partial charge on any atom is -0.467 e. The van der Waals surface area contributed by atoms with Crippen LogP contribution in [-0.4, -0.2) is 56.2 Å². The predicted molar refractivity (Wildman–Crippen MR) is 120 cm³/mol. The van der Waals surface area contributed by atoms with E-state index in [0.29, 0.717) is 31.2 Å². The van der Waals surface area contributed by atoms with Crippen LogP contribution in [0.1, 0.15) is 52.0 Å². The molecule has 14 heteroatoms. The van der Waals surface area contributed by atoms with E-state index in [4.69, 9.17) is 9.47 Å². The van der Waals surface area contributed by atoms with Crippen LogP contribution in [0.25, 0.3) is 0 Å². The number of ether oxygens (including phenoxy) is 2. The summed E-state index contributed by atoms with van der Waals surface area (Å²) in [7, 11) is -4.72. The number of rotatable bonds is 8. The maximum atomic E-state index is 13.2. The smallest absolute Gasteiger partial charge is 0.467 e. The van der Waals surface area contributed by atoms with Crippen LogP contribution in [0.15, 0.2) is 24.3 Å². The summed E-state index contributed by atoms with van der Waals surface area (Å²) in [5.41, 5.74) is -7.30. The van der Waals surface area contributed by atoms with Crippen molar-refractivity contribution in [3.05, 3.63) is 29.8 Å². The molecule has 0 heterocycles. The van der Waals surface area contributed by atoms with Gasteiger partial charge in [0.15, 0.2) is 0 Å². The van der Waals surface area contributed by atoms with Crippen LogP contribution in [-0.2, 0) is 35.6 Å². The molecular formula is C22H29F3N2O8S. The van der Waals surface area contributed by atoms with Crippen LogP contribution in [0.4, 0.5) is 18.0 Å². The Morgan fingerprint density at radius 3 is 2.08 bits per heavy atom. The molecule has 0 spiro atoms. The van der Waals surface area contributed by atoms with E-state index in [1.54, 1.807) is 20.8 Å². The van der Waals surface area contributed by atoms with Crippen molar-refractivity contribution in [2.24, 2.45) is 0 Å². The SMILES string of the molecule is COC(=O)[C@H](Cc1ccc(OS(=O)(=O)C(F)(F)F)cc1)NC(=O)C1(NC(=O)OC(C)(C)C)CCCC1. The van der Waals surface area contributed by atoms with Crippen molar-refractivity contribution in [2.75, 3.05) is 7.11 Å². The third-order valence-electron chi connectivity index (χ3n) is 5.28. The van der Waals surface area contributed by atoms with Gasteiger partial charge >= 0.3 is 27.7 Å². The summed E-state index contributed by atoms with van der Waals surface area (Å²) in [6, 6.07) is 3.25. The quantitative estimate of drug-likeness (QED) is 0.293. The zero-order valence-electron chi connectivity index (χ0n) is 20.2. The average molecular weight is 539 g/mol. The van der Waals surface area contributed by atoms with E-state index in [-0.39, 0.29) is 6.42 Å². The molecule has 2 rings (SSSR count). The van der Waals surface area contributed by atoms with Crippen molar-refractivity contribution in [1.29, 1.82) is 0 Å². The van der Waals surface area contributed by atoms with Gasteiger partial charge in [0.1, 0.15) is 22.9 Å². The fourth-order valence-corrected chi connectivity index (χ4v) is 4.07. The number of methoxy groups -OCH3 is 1. The summed E-state index contributed by atoms with van der Waals surface area (Å²) in [5.74, 6) is -1.99. The first kappa shape index (κ1) is 29.2. The van der Waals surface area contributed by atoms with Crippen LogP contribution >= 0.6 is 0 Å². The number of amides is 2. The van der Waals surface area contributed by atoms with E-state index in [1.165, 1.54) is 12.1 Å². The Balaban J connectivity index is 2.16. The van der Waals surface area contributed by atoms with Gasteiger partial charge in [0.25, 0.3) is 0 Å². The van der Waals surface area contributed by atoms with Gasteiger partial charge in [-0.25, -0.2) is 9.59 Å². The normalized spacial score (nSPS) is 16.5. The lowest BCUT2D eigenvalue weighted by Gasteiger charge is -2.32. The molecule has 1 aliphatic rings. The largest absolute Gasteiger partial charge is 0.534 e. The molecule has 1 saturated carbocycles. The first-order valence-corrected chi connectivity index (χ1v) is 12.4. The Morgan fingerprint density at radius 1 is 1.06 bits per heavy atom. The van der Waals surface area contributed by atoms with Gasteiger partial charge in [-0.1, -0.05) is 25.0 Å². The maximum Gasteiger partial charge on any atom is 0.534 e. The van der Waals surface area contributed by atoms with E-state index in [2.05, 4.69) is 14.8 Å². The Morgan fingerprint density at radius 2 is 1.61 bits per heavy atom. The van der Waals surface area contributed by atoms with Gasteiger partial charge < -0.3 is 24.3 Å². The molecule has 1 aromatic carbocycles. The molecule has 36 heavy (non-hydrogen) atoms. The van der Waals surface area contributed by atoms with E-state index in [1.807, 2.05) is 0 Å². The Hall–Kier alpha value is -3.03. The molecule has 10 nitrogen and oxygen atoms in total. The van der Waals surface area contributed by atoms with Crippen LogP contribution < -0.4 is 14.8 Å². The van der Waals surface area contributed by atoms with Crippen molar-refractivity contribution in [2.45, 2.75) is 75.6 Å². The summed E-state index contributed by atoms with van der Waals surface area (Å²) in [6.45, 7) is 5.03. The maximum absolute atomic E-state index is 13.2. The standard InChI is InChI=1S/C22H29F3N2O8S/c1-20(2,3)34-19(30)27-21(11-5-6-12-21)18(29)26-16(17(28)33-4)13-14-7-9-15(10-8-14)35-36(31,32)22(23,24)25/h7-10,16H,5-6,11-13H2,1-4H3,(H,26,29)(H,27,30)/t16-/m0/s1. The van der Waals surface area contributed by atoms with E-state index >= 15 is 0 Å². The lowest BCUT2D eigenvalue weighted by atomic mass is 9.95. The van der Waals surface area contributed by atoms with E-state index in [0.717, 1.165) is 19.2 Å². The Bertz CT molecular complexity index is 1060.